The number of para-hydroxylation sites is 1. The molecule has 0 aromatic heterocycles. The van der Waals surface area contributed by atoms with Gasteiger partial charge in [-0.25, -0.2) is 0 Å². The molecule has 0 saturated carbocycles. The van der Waals surface area contributed by atoms with Gasteiger partial charge in [-0.05, 0) is 18.6 Å². The highest BCUT2D eigenvalue weighted by Crippen LogP contribution is 2.24. The van der Waals surface area contributed by atoms with Crippen LogP contribution in [-0.2, 0) is 4.79 Å². The minimum atomic E-state index is -0.293. The smallest absolute Gasteiger partial charge is 0.250 e. The highest BCUT2D eigenvalue weighted by Gasteiger charge is 2.15. The van der Waals surface area contributed by atoms with Gasteiger partial charge in [-0.1, -0.05) is 94.9 Å². The number of amides is 1. The van der Waals surface area contributed by atoms with Gasteiger partial charge in [-0.3, -0.25) is 10.0 Å². The number of carbonyl (C=O) groups is 1. The number of hydrogen-bond donors (Lipinski definition) is 1. The topological polar surface area (TPSA) is 40.5 Å². The molecule has 3 nitrogen and oxygen atoms in total. The molecule has 0 unspecified atom stereocenters. The lowest BCUT2D eigenvalue weighted by Crippen LogP contribution is -2.26. The van der Waals surface area contributed by atoms with Gasteiger partial charge in [-0.15, -0.1) is 0 Å². The fourth-order valence-corrected chi connectivity index (χ4v) is 3.02. The summed E-state index contributed by atoms with van der Waals surface area (Å²) in [6.45, 7) is 2.25. The van der Waals surface area contributed by atoms with Crippen LogP contribution >= 0.6 is 11.6 Å². The van der Waals surface area contributed by atoms with E-state index < -0.39 is 0 Å². The molecule has 136 valence electrons. The number of halogens is 1. The van der Waals surface area contributed by atoms with Gasteiger partial charge in [0.25, 0.3) is 5.91 Å². The van der Waals surface area contributed by atoms with E-state index in [0.29, 0.717) is 22.2 Å². The number of anilines is 1. The highest BCUT2D eigenvalue weighted by molar-refractivity contribution is 6.33. The lowest BCUT2D eigenvalue weighted by Gasteiger charge is -2.16. The number of rotatable bonds is 13. The normalized spacial score (nSPS) is 10.8. The van der Waals surface area contributed by atoms with Gasteiger partial charge in [0.1, 0.15) is 0 Å². The van der Waals surface area contributed by atoms with E-state index in [1.54, 1.807) is 24.3 Å². The molecule has 0 fully saturated rings. The zero-order valence-electron chi connectivity index (χ0n) is 15.0. The highest BCUT2D eigenvalue weighted by atomic mass is 35.5. The van der Waals surface area contributed by atoms with Gasteiger partial charge >= 0.3 is 0 Å². The quantitative estimate of drug-likeness (QED) is 0.241. The lowest BCUT2D eigenvalue weighted by molar-refractivity contribution is -0.123. The van der Waals surface area contributed by atoms with E-state index in [0.717, 1.165) is 12.8 Å². The predicted octanol–water partition coefficient (Wildman–Crippen LogP) is 6.76. The van der Waals surface area contributed by atoms with Crippen molar-refractivity contribution in [2.75, 3.05) is 5.06 Å². The predicted molar refractivity (Wildman–Crippen MR) is 102 cm³/mol. The first-order valence-corrected chi connectivity index (χ1v) is 9.81. The van der Waals surface area contributed by atoms with Crippen molar-refractivity contribution in [2.45, 2.75) is 84.0 Å². The zero-order chi connectivity index (χ0) is 17.6. The van der Waals surface area contributed by atoms with Crippen molar-refractivity contribution in [1.82, 2.24) is 0 Å². The van der Waals surface area contributed by atoms with E-state index in [-0.39, 0.29) is 5.91 Å². The maximum absolute atomic E-state index is 12.0. The van der Waals surface area contributed by atoms with Crippen LogP contribution in [0.5, 0.6) is 0 Å². The van der Waals surface area contributed by atoms with Gasteiger partial charge in [0.15, 0.2) is 0 Å². The molecule has 1 rings (SSSR count). The second-order valence-corrected chi connectivity index (χ2v) is 6.85. The third-order valence-corrected chi connectivity index (χ3v) is 4.63. The summed E-state index contributed by atoms with van der Waals surface area (Å²) in [7, 11) is 0. The van der Waals surface area contributed by atoms with Crippen LogP contribution in [0, 0.1) is 0 Å². The van der Waals surface area contributed by atoms with Gasteiger partial charge in [0.05, 0.1) is 10.7 Å². The van der Waals surface area contributed by atoms with Crippen LogP contribution in [0.2, 0.25) is 5.02 Å². The molecule has 1 aromatic rings. The number of benzene rings is 1. The molecule has 1 aromatic carbocycles. The first-order chi connectivity index (χ1) is 11.7. The fourth-order valence-electron chi connectivity index (χ4n) is 2.80. The molecule has 1 N–H and O–H groups in total. The Labute approximate surface area is 152 Å². The van der Waals surface area contributed by atoms with Crippen molar-refractivity contribution < 1.29 is 10.0 Å². The number of unbranched alkanes of at least 4 members (excludes halogenated alkanes) is 10. The van der Waals surface area contributed by atoms with Crippen molar-refractivity contribution >= 4 is 23.2 Å². The molecule has 0 saturated heterocycles. The first-order valence-electron chi connectivity index (χ1n) is 9.43. The van der Waals surface area contributed by atoms with Gasteiger partial charge < -0.3 is 0 Å². The van der Waals surface area contributed by atoms with Crippen LogP contribution in [0.1, 0.15) is 84.0 Å². The zero-order valence-corrected chi connectivity index (χ0v) is 15.7. The molecule has 0 aliphatic carbocycles. The van der Waals surface area contributed by atoms with Crippen molar-refractivity contribution in [3.05, 3.63) is 29.3 Å². The van der Waals surface area contributed by atoms with E-state index in [9.17, 15) is 10.0 Å². The van der Waals surface area contributed by atoms with Gasteiger partial charge in [-0.2, -0.15) is 5.06 Å². The average Bonchev–Trinajstić information content (AvgIpc) is 2.59. The van der Waals surface area contributed by atoms with Crippen molar-refractivity contribution in [3.63, 3.8) is 0 Å². The van der Waals surface area contributed by atoms with Crippen LogP contribution in [0.3, 0.4) is 0 Å². The Morgan fingerprint density at radius 2 is 1.42 bits per heavy atom. The largest absolute Gasteiger partial charge is 0.281 e. The van der Waals surface area contributed by atoms with E-state index in [1.807, 2.05) is 0 Å². The van der Waals surface area contributed by atoms with Gasteiger partial charge in [0, 0.05) is 6.42 Å². The molecular weight excluding hydrogens is 322 g/mol. The molecule has 0 aliphatic heterocycles. The molecule has 0 radical (unpaired) electrons. The number of carbonyl (C=O) groups excluding carboxylic acids is 1. The first kappa shape index (κ1) is 21.0. The van der Waals surface area contributed by atoms with E-state index >= 15 is 0 Å². The molecule has 0 spiro atoms. The Kier molecular flexibility index (Phi) is 11.6. The molecule has 4 heteroatoms. The summed E-state index contributed by atoms with van der Waals surface area (Å²) >= 11 is 5.98. The SMILES string of the molecule is CCCCCCCCCCCCCC(=O)N(O)c1ccccc1Cl. The van der Waals surface area contributed by atoms with Crippen molar-refractivity contribution in [3.8, 4) is 0 Å². The monoisotopic (exact) mass is 353 g/mol. The third kappa shape index (κ3) is 8.70. The summed E-state index contributed by atoms with van der Waals surface area (Å²) in [6.07, 6.45) is 14.0. The summed E-state index contributed by atoms with van der Waals surface area (Å²) < 4.78 is 0. The number of hydrogen-bond acceptors (Lipinski definition) is 2. The number of hydroxylamine groups is 1. The summed E-state index contributed by atoms with van der Waals surface area (Å²) in [4.78, 5) is 12.0. The van der Waals surface area contributed by atoms with Crippen LogP contribution < -0.4 is 5.06 Å². The minimum absolute atomic E-state index is 0.293. The molecule has 24 heavy (non-hydrogen) atoms. The Morgan fingerprint density at radius 1 is 0.917 bits per heavy atom. The standard InChI is InChI=1S/C20H32ClNO2/c1-2-3-4-5-6-7-8-9-10-11-12-17-20(23)22(24)19-16-14-13-15-18(19)21/h13-16,24H,2-12,17H2,1H3. The Hall–Kier alpha value is -1.06. The maximum atomic E-state index is 12.0. The Balaban J connectivity index is 2.03. The molecule has 0 bridgehead atoms. The fraction of sp³-hybridized carbons (Fsp3) is 0.650. The Bertz CT molecular complexity index is 465. The van der Waals surface area contributed by atoms with E-state index in [4.69, 9.17) is 11.6 Å². The average molecular weight is 354 g/mol. The van der Waals surface area contributed by atoms with Crippen molar-refractivity contribution in [1.29, 1.82) is 0 Å². The molecular formula is C20H32ClNO2. The summed E-state index contributed by atoms with van der Waals surface area (Å²) in [5.41, 5.74) is 0.354. The Morgan fingerprint density at radius 3 is 1.96 bits per heavy atom. The molecule has 0 aliphatic rings. The van der Waals surface area contributed by atoms with E-state index in [1.165, 1.54) is 57.8 Å². The molecule has 0 heterocycles. The second kappa shape index (κ2) is 13.3. The summed E-state index contributed by atoms with van der Waals surface area (Å²) in [6, 6.07) is 6.82. The van der Waals surface area contributed by atoms with Crippen molar-refractivity contribution in [2.24, 2.45) is 0 Å². The van der Waals surface area contributed by atoms with Crippen LogP contribution in [-0.4, -0.2) is 11.1 Å². The van der Waals surface area contributed by atoms with Crippen LogP contribution in [0.25, 0.3) is 0 Å². The number of nitrogens with zero attached hydrogens (tertiary/aromatic N) is 1. The lowest BCUT2D eigenvalue weighted by atomic mass is 10.1. The second-order valence-electron chi connectivity index (χ2n) is 6.44. The maximum Gasteiger partial charge on any atom is 0.250 e. The van der Waals surface area contributed by atoms with Crippen LogP contribution in [0.4, 0.5) is 5.69 Å². The van der Waals surface area contributed by atoms with Crippen LogP contribution in [0.15, 0.2) is 24.3 Å². The van der Waals surface area contributed by atoms with Gasteiger partial charge in [0.2, 0.25) is 0 Å². The summed E-state index contributed by atoms with van der Waals surface area (Å²) in [5, 5.41) is 11.0. The minimum Gasteiger partial charge on any atom is -0.281 e. The summed E-state index contributed by atoms with van der Waals surface area (Å²) in [5.74, 6) is -0.293. The molecule has 1 amide bonds. The van der Waals surface area contributed by atoms with E-state index in [2.05, 4.69) is 6.92 Å². The molecule has 0 atom stereocenters. The third-order valence-electron chi connectivity index (χ3n) is 4.31.